The zero-order valence-corrected chi connectivity index (χ0v) is 17.2. The van der Waals surface area contributed by atoms with Crippen molar-refractivity contribution < 1.29 is 4.79 Å². The standard InChI is InChI=1S/C24H33N3O/c1-19-9-10-23(20(2)17-19)26-24(28)25-13-6-14-27-15-11-22(12-16-27)18-21-7-4-3-5-8-21/h3-5,7-10,17,22H,6,11-16,18H2,1-2H3,(H2,25,26,28). The maximum Gasteiger partial charge on any atom is 0.319 e. The number of rotatable bonds is 7. The minimum Gasteiger partial charge on any atom is -0.338 e. The summed E-state index contributed by atoms with van der Waals surface area (Å²) in [5.74, 6) is 0.806. The van der Waals surface area contributed by atoms with Crippen LogP contribution in [-0.2, 0) is 6.42 Å². The highest BCUT2D eigenvalue weighted by molar-refractivity contribution is 5.90. The van der Waals surface area contributed by atoms with E-state index in [1.807, 2.05) is 19.1 Å². The predicted octanol–water partition coefficient (Wildman–Crippen LogP) is 4.77. The van der Waals surface area contributed by atoms with Gasteiger partial charge in [-0.2, -0.15) is 0 Å². The van der Waals surface area contributed by atoms with E-state index in [0.717, 1.165) is 30.1 Å². The van der Waals surface area contributed by atoms with E-state index in [1.165, 1.54) is 43.5 Å². The molecule has 1 aliphatic heterocycles. The number of aryl methyl sites for hydroxylation is 2. The van der Waals surface area contributed by atoms with Gasteiger partial charge in [-0.3, -0.25) is 0 Å². The Kier molecular flexibility index (Phi) is 7.49. The predicted molar refractivity (Wildman–Crippen MR) is 117 cm³/mol. The highest BCUT2D eigenvalue weighted by Gasteiger charge is 2.19. The lowest BCUT2D eigenvalue weighted by Gasteiger charge is -2.32. The summed E-state index contributed by atoms with van der Waals surface area (Å²) in [6, 6.07) is 16.8. The number of hydrogen-bond acceptors (Lipinski definition) is 2. The molecule has 1 heterocycles. The van der Waals surface area contributed by atoms with E-state index in [9.17, 15) is 4.79 Å². The van der Waals surface area contributed by atoms with Crippen LogP contribution < -0.4 is 10.6 Å². The van der Waals surface area contributed by atoms with Crippen molar-refractivity contribution in [3.63, 3.8) is 0 Å². The molecule has 0 atom stereocenters. The summed E-state index contributed by atoms with van der Waals surface area (Å²) in [5.41, 5.74) is 4.63. The minimum absolute atomic E-state index is 0.117. The number of urea groups is 1. The number of nitrogens with zero attached hydrogens (tertiary/aromatic N) is 1. The molecule has 28 heavy (non-hydrogen) atoms. The number of piperidine rings is 1. The number of amides is 2. The van der Waals surface area contributed by atoms with Crippen molar-refractivity contribution in [1.82, 2.24) is 10.2 Å². The van der Waals surface area contributed by atoms with Crippen molar-refractivity contribution in [1.29, 1.82) is 0 Å². The van der Waals surface area contributed by atoms with Gasteiger partial charge in [-0.15, -0.1) is 0 Å². The van der Waals surface area contributed by atoms with Crippen molar-refractivity contribution in [3.05, 3.63) is 65.2 Å². The molecule has 0 unspecified atom stereocenters. The van der Waals surface area contributed by atoms with Gasteiger partial charge in [0.15, 0.2) is 0 Å². The van der Waals surface area contributed by atoms with Gasteiger partial charge in [-0.1, -0.05) is 48.0 Å². The van der Waals surface area contributed by atoms with Crippen LogP contribution in [0.3, 0.4) is 0 Å². The van der Waals surface area contributed by atoms with Crippen LogP contribution in [0.1, 0.15) is 36.0 Å². The van der Waals surface area contributed by atoms with Crippen LogP contribution in [-0.4, -0.2) is 37.1 Å². The van der Waals surface area contributed by atoms with Gasteiger partial charge < -0.3 is 15.5 Å². The second-order valence-corrected chi connectivity index (χ2v) is 8.03. The Morgan fingerprint density at radius 3 is 2.54 bits per heavy atom. The normalized spacial score (nSPS) is 15.4. The number of hydrogen-bond donors (Lipinski definition) is 2. The Labute approximate surface area is 169 Å². The summed E-state index contributed by atoms with van der Waals surface area (Å²) < 4.78 is 0. The summed E-state index contributed by atoms with van der Waals surface area (Å²) in [6.45, 7) is 8.19. The first-order chi connectivity index (χ1) is 13.6. The molecule has 150 valence electrons. The van der Waals surface area contributed by atoms with E-state index >= 15 is 0 Å². The molecule has 4 heteroatoms. The molecule has 2 aromatic carbocycles. The first-order valence-corrected chi connectivity index (χ1v) is 10.5. The third-order valence-corrected chi connectivity index (χ3v) is 5.64. The zero-order valence-electron chi connectivity index (χ0n) is 17.2. The van der Waals surface area contributed by atoms with Gasteiger partial charge >= 0.3 is 6.03 Å². The maximum atomic E-state index is 12.1. The molecule has 0 saturated carbocycles. The van der Waals surface area contributed by atoms with E-state index in [2.05, 4.69) is 58.9 Å². The lowest BCUT2D eigenvalue weighted by molar-refractivity contribution is 0.182. The van der Waals surface area contributed by atoms with Crippen LogP contribution >= 0.6 is 0 Å². The van der Waals surface area contributed by atoms with Gasteiger partial charge in [0.1, 0.15) is 0 Å². The number of anilines is 1. The highest BCUT2D eigenvalue weighted by atomic mass is 16.2. The molecular weight excluding hydrogens is 346 g/mol. The van der Waals surface area contributed by atoms with Gasteiger partial charge in [0.05, 0.1) is 0 Å². The molecule has 2 aromatic rings. The summed E-state index contributed by atoms with van der Waals surface area (Å²) >= 11 is 0. The Bertz CT molecular complexity index is 752. The number of carbonyl (C=O) groups excluding carboxylic acids is 1. The molecule has 4 nitrogen and oxygen atoms in total. The van der Waals surface area contributed by atoms with Gasteiger partial charge in [0.25, 0.3) is 0 Å². The van der Waals surface area contributed by atoms with Crippen LogP contribution in [0, 0.1) is 19.8 Å². The van der Waals surface area contributed by atoms with Gasteiger partial charge in [0.2, 0.25) is 0 Å². The Hall–Kier alpha value is -2.33. The molecule has 0 aliphatic carbocycles. The fourth-order valence-corrected chi connectivity index (χ4v) is 3.99. The van der Waals surface area contributed by atoms with Crippen molar-refractivity contribution in [2.24, 2.45) is 5.92 Å². The lowest BCUT2D eigenvalue weighted by atomic mass is 9.90. The monoisotopic (exact) mass is 379 g/mol. The molecule has 1 fully saturated rings. The van der Waals surface area contributed by atoms with Crippen LogP contribution in [0.5, 0.6) is 0 Å². The quantitative estimate of drug-likeness (QED) is 0.681. The van der Waals surface area contributed by atoms with Crippen LogP contribution in [0.25, 0.3) is 0 Å². The smallest absolute Gasteiger partial charge is 0.319 e. The molecule has 0 radical (unpaired) electrons. The third-order valence-electron chi connectivity index (χ3n) is 5.64. The van der Waals surface area contributed by atoms with Crippen LogP contribution in [0.15, 0.2) is 48.5 Å². The second-order valence-electron chi connectivity index (χ2n) is 8.03. The molecule has 2 N–H and O–H groups in total. The topological polar surface area (TPSA) is 44.4 Å². The molecule has 1 aliphatic rings. The Balaban J connectivity index is 1.29. The number of nitrogens with one attached hydrogen (secondary N) is 2. The number of likely N-dealkylation sites (tertiary alicyclic amines) is 1. The molecule has 0 bridgehead atoms. The fraction of sp³-hybridized carbons (Fsp3) is 0.458. The fourth-order valence-electron chi connectivity index (χ4n) is 3.99. The SMILES string of the molecule is Cc1ccc(NC(=O)NCCCN2CCC(Cc3ccccc3)CC2)c(C)c1. The molecule has 0 aromatic heterocycles. The van der Waals surface area contributed by atoms with E-state index in [0.29, 0.717) is 6.54 Å². The van der Waals surface area contributed by atoms with Crippen molar-refractivity contribution in [3.8, 4) is 0 Å². The number of carbonyl (C=O) groups is 1. The average Bonchev–Trinajstić information content (AvgIpc) is 2.69. The van der Waals surface area contributed by atoms with Gasteiger partial charge in [-0.05, 0) is 82.3 Å². The van der Waals surface area contributed by atoms with E-state index in [-0.39, 0.29) is 6.03 Å². The summed E-state index contributed by atoms with van der Waals surface area (Å²) in [7, 11) is 0. The Morgan fingerprint density at radius 2 is 1.82 bits per heavy atom. The maximum absolute atomic E-state index is 12.1. The van der Waals surface area contributed by atoms with Gasteiger partial charge in [0, 0.05) is 12.2 Å². The van der Waals surface area contributed by atoms with Crippen LogP contribution in [0.4, 0.5) is 10.5 Å². The molecular formula is C24H33N3O. The molecule has 2 amide bonds. The van der Waals surface area contributed by atoms with Crippen molar-refractivity contribution in [2.75, 3.05) is 31.5 Å². The summed E-state index contributed by atoms with van der Waals surface area (Å²) in [6.07, 6.45) is 4.74. The average molecular weight is 380 g/mol. The summed E-state index contributed by atoms with van der Waals surface area (Å²) in [5, 5.41) is 5.92. The third kappa shape index (κ3) is 6.38. The van der Waals surface area contributed by atoms with Gasteiger partial charge in [-0.25, -0.2) is 4.79 Å². The Morgan fingerprint density at radius 1 is 1.07 bits per heavy atom. The first-order valence-electron chi connectivity index (χ1n) is 10.5. The highest BCUT2D eigenvalue weighted by Crippen LogP contribution is 2.21. The molecule has 1 saturated heterocycles. The summed E-state index contributed by atoms with van der Waals surface area (Å²) in [4.78, 5) is 14.6. The van der Waals surface area contributed by atoms with E-state index in [1.54, 1.807) is 0 Å². The van der Waals surface area contributed by atoms with Crippen molar-refractivity contribution in [2.45, 2.75) is 39.5 Å². The van der Waals surface area contributed by atoms with Crippen LogP contribution in [0.2, 0.25) is 0 Å². The minimum atomic E-state index is -0.117. The second kappa shape index (κ2) is 10.3. The van der Waals surface area contributed by atoms with E-state index < -0.39 is 0 Å². The molecule has 0 spiro atoms. The lowest BCUT2D eigenvalue weighted by Crippen LogP contribution is -2.37. The molecule has 3 rings (SSSR count). The number of benzene rings is 2. The largest absolute Gasteiger partial charge is 0.338 e. The first kappa shape index (κ1) is 20.4. The van der Waals surface area contributed by atoms with Crippen molar-refractivity contribution >= 4 is 11.7 Å². The zero-order chi connectivity index (χ0) is 19.8. The van der Waals surface area contributed by atoms with E-state index in [4.69, 9.17) is 0 Å².